The minimum absolute atomic E-state index is 0.234. The third-order valence-electron chi connectivity index (χ3n) is 3.57. The van der Waals surface area contributed by atoms with Crippen LogP contribution in [0.25, 0.3) is 0 Å². The highest BCUT2D eigenvalue weighted by Gasteiger charge is 2.32. The first-order valence-electron chi connectivity index (χ1n) is 7.90. The van der Waals surface area contributed by atoms with Gasteiger partial charge < -0.3 is 4.74 Å². The SMILES string of the molecule is CCCC(C)OCCC(C#N)(NC(C)C)c1ccccc1. The van der Waals surface area contributed by atoms with E-state index in [4.69, 9.17) is 4.74 Å². The summed E-state index contributed by atoms with van der Waals surface area (Å²) >= 11 is 0. The average molecular weight is 288 g/mol. The summed E-state index contributed by atoms with van der Waals surface area (Å²) in [6.45, 7) is 8.97. The van der Waals surface area contributed by atoms with Crippen molar-refractivity contribution in [2.75, 3.05) is 6.61 Å². The van der Waals surface area contributed by atoms with Crippen molar-refractivity contribution in [3.8, 4) is 6.07 Å². The van der Waals surface area contributed by atoms with E-state index in [9.17, 15) is 5.26 Å². The lowest BCUT2D eigenvalue weighted by Crippen LogP contribution is -2.46. The average Bonchev–Trinajstić information content (AvgIpc) is 2.47. The molecule has 0 aliphatic rings. The second-order valence-corrected chi connectivity index (χ2v) is 5.90. The van der Waals surface area contributed by atoms with E-state index in [1.54, 1.807) is 0 Å². The smallest absolute Gasteiger partial charge is 0.134 e. The molecule has 0 aliphatic carbocycles. The highest BCUT2D eigenvalue weighted by atomic mass is 16.5. The molecule has 0 spiro atoms. The van der Waals surface area contributed by atoms with Crippen LogP contribution in [-0.2, 0) is 10.3 Å². The van der Waals surface area contributed by atoms with E-state index in [2.05, 4.69) is 39.1 Å². The van der Waals surface area contributed by atoms with Gasteiger partial charge in [0.25, 0.3) is 0 Å². The van der Waals surface area contributed by atoms with Crippen LogP contribution in [0.2, 0.25) is 0 Å². The highest BCUT2D eigenvalue weighted by molar-refractivity contribution is 5.31. The van der Waals surface area contributed by atoms with Crippen molar-refractivity contribution in [2.45, 2.75) is 64.6 Å². The molecule has 0 fully saturated rings. The fraction of sp³-hybridized carbons (Fsp3) is 0.611. The molecule has 0 saturated heterocycles. The quantitative estimate of drug-likeness (QED) is 0.747. The van der Waals surface area contributed by atoms with Crippen molar-refractivity contribution < 1.29 is 4.74 Å². The van der Waals surface area contributed by atoms with Gasteiger partial charge in [0.2, 0.25) is 0 Å². The fourth-order valence-electron chi connectivity index (χ4n) is 2.57. The number of hydrogen-bond donors (Lipinski definition) is 1. The van der Waals surface area contributed by atoms with Crippen molar-refractivity contribution in [1.82, 2.24) is 5.32 Å². The van der Waals surface area contributed by atoms with E-state index in [1.165, 1.54) is 0 Å². The third-order valence-corrected chi connectivity index (χ3v) is 3.57. The Kier molecular flexibility index (Phi) is 7.42. The Balaban J connectivity index is 2.80. The van der Waals surface area contributed by atoms with Crippen LogP contribution in [0.3, 0.4) is 0 Å². The maximum absolute atomic E-state index is 9.78. The molecule has 3 heteroatoms. The molecule has 0 aromatic heterocycles. The van der Waals surface area contributed by atoms with Gasteiger partial charge in [0.05, 0.1) is 18.8 Å². The number of hydrogen-bond acceptors (Lipinski definition) is 3. The van der Waals surface area contributed by atoms with Gasteiger partial charge in [0.15, 0.2) is 0 Å². The van der Waals surface area contributed by atoms with Crippen LogP contribution in [0, 0.1) is 11.3 Å². The van der Waals surface area contributed by atoms with Crippen LogP contribution in [0.15, 0.2) is 30.3 Å². The second-order valence-electron chi connectivity index (χ2n) is 5.90. The maximum Gasteiger partial charge on any atom is 0.134 e. The predicted octanol–water partition coefficient (Wildman–Crippen LogP) is 4.00. The Labute approximate surface area is 129 Å². The Morgan fingerprint density at radius 3 is 2.43 bits per heavy atom. The monoisotopic (exact) mass is 288 g/mol. The molecule has 0 amide bonds. The molecule has 2 unspecified atom stereocenters. The summed E-state index contributed by atoms with van der Waals surface area (Å²) in [4.78, 5) is 0. The summed E-state index contributed by atoms with van der Waals surface area (Å²) < 4.78 is 5.85. The molecule has 1 aromatic rings. The number of nitrogens with zero attached hydrogens (tertiary/aromatic N) is 1. The summed E-state index contributed by atoms with van der Waals surface area (Å²) in [6.07, 6.45) is 3.08. The van der Waals surface area contributed by atoms with E-state index in [1.807, 2.05) is 30.3 Å². The van der Waals surface area contributed by atoms with Crippen molar-refractivity contribution >= 4 is 0 Å². The lowest BCUT2D eigenvalue weighted by atomic mass is 9.87. The Hall–Kier alpha value is -1.37. The van der Waals surface area contributed by atoms with Crippen molar-refractivity contribution in [2.24, 2.45) is 0 Å². The lowest BCUT2D eigenvalue weighted by molar-refractivity contribution is 0.0476. The second kappa shape index (κ2) is 8.81. The summed E-state index contributed by atoms with van der Waals surface area (Å²) in [6, 6.07) is 12.7. The molecule has 0 heterocycles. The minimum atomic E-state index is -0.679. The summed E-state index contributed by atoms with van der Waals surface area (Å²) in [5, 5.41) is 13.2. The molecular formula is C18H28N2O. The number of nitriles is 1. The Bertz CT molecular complexity index is 438. The van der Waals surface area contributed by atoms with Gasteiger partial charge in [-0.2, -0.15) is 5.26 Å². The van der Waals surface area contributed by atoms with Crippen LogP contribution >= 0.6 is 0 Å². The van der Waals surface area contributed by atoms with Gasteiger partial charge >= 0.3 is 0 Å². The molecule has 0 bridgehead atoms. The molecule has 1 rings (SSSR count). The first-order chi connectivity index (χ1) is 10.0. The summed E-state index contributed by atoms with van der Waals surface area (Å²) in [5.74, 6) is 0. The van der Waals surface area contributed by atoms with Crippen molar-refractivity contribution in [3.63, 3.8) is 0 Å². The number of ether oxygens (including phenoxy) is 1. The van der Waals surface area contributed by atoms with Crippen LogP contribution < -0.4 is 5.32 Å². The summed E-state index contributed by atoms with van der Waals surface area (Å²) in [5.41, 5.74) is 0.328. The van der Waals surface area contributed by atoms with Crippen molar-refractivity contribution in [1.29, 1.82) is 5.26 Å². The highest BCUT2D eigenvalue weighted by Crippen LogP contribution is 2.25. The molecule has 1 aromatic carbocycles. The van der Waals surface area contributed by atoms with Gasteiger partial charge in [0.1, 0.15) is 5.54 Å². The maximum atomic E-state index is 9.78. The number of nitrogens with one attached hydrogen (secondary N) is 1. The molecule has 0 aliphatic heterocycles. The molecular weight excluding hydrogens is 260 g/mol. The van der Waals surface area contributed by atoms with E-state index >= 15 is 0 Å². The summed E-state index contributed by atoms with van der Waals surface area (Å²) in [7, 11) is 0. The molecule has 21 heavy (non-hydrogen) atoms. The first-order valence-corrected chi connectivity index (χ1v) is 7.90. The van der Waals surface area contributed by atoms with Crippen LogP contribution in [0.1, 0.15) is 52.5 Å². The Morgan fingerprint density at radius 1 is 1.24 bits per heavy atom. The van der Waals surface area contributed by atoms with E-state index in [0.717, 1.165) is 18.4 Å². The number of rotatable bonds is 9. The zero-order valence-electron chi connectivity index (χ0n) is 13.7. The normalized spacial score (nSPS) is 15.4. The van der Waals surface area contributed by atoms with Gasteiger partial charge in [-0.15, -0.1) is 0 Å². The molecule has 1 N–H and O–H groups in total. The Morgan fingerprint density at radius 2 is 1.90 bits per heavy atom. The zero-order chi connectivity index (χ0) is 15.7. The van der Waals surface area contributed by atoms with Crippen LogP contribution in [0.4, 0.5) is 0 Å². The van der Waals surface area contributed by atoms with E-state index in [0.29, 0.717) is 13.0 Å². The van der Waals surface area contributed by atoms with Crippen LogP contribution in [0.5, 0.6) is 0 Å². The molecule has 0 radical (unpaired) electrons. The molecule has 0 saturated carbocycles. The van der Waals surface area contributed by atoms with Gasteiger partial charge in [-0.05, 0) is 32.8 Å². The molecule has 116 valence electrons. The standard InChI is InChI=1S/C18H28N2O/c1-5-9-16(4)21-13-12-18(14-19,20-15(2)3)17-10-7-6-8-11-17/h6-8,10-11,15-16,20H,5,9,12-13H2,1-4H3. The van der Waals surface area contributed by atoms with Gasteiger partial charge in [0, 0.05) is 12.5 Å². The third kappa shape index (κ3) is 5.49. The van der Waals surface area contributed by atoms with Crippen LogP contribution in [-0.4, -0.2) is 18.8 Å². The predicted molar refractivity (Wildman–Crippen MR) is 86.9 cm³/mol. The number of benzene rings is 1. The minimum Gasteiger partial charge on any atom is -0.378 e. The van der Waals surface area contributed by atoms with E-state index < -0.39 is 5.54 Å². The van der Waals surface area contributed by atoms with Crippen molar-refractivity contribution in [3.05, 3.63) is 35.9 Å². The zero-order valence-corrected chi connectivity index (χ0v) is 13.7. The first kappa shape index (κ1) is 17.7. The fourth-order valence-corrected chi connectivity index (χ4v) is 2.57. The van der Waals surface area contributed by atoms with Gasteiger partial charge in [-0.3, -0.25) is 5.32 Å². The topological polar surface area (TPSA) is 45.0 Å². The van der Waals surface area contributed by atoms with Gasteiger partial charge in [-0.1, -0.05) is 43.7 Å². The molecule has 2 atom stereocenters. The van der Waals surface area contributed by atoms with E-state index in [-0.39, 0.29) is 12.1 Å². The largest absolute Gasteiger partial charge is 0.378 e. The lowest BCUT2D eigenvalue weighted by Gasteiger charge is -2.31. The molecule has 3 nitrogen and oxygen atoms in total. The van der Waals surface area contributed by atoms with Gasteiger partial charge in [-0.25, -0.2) is 0 Å².